The smallest absolute Gasteiger partial charge is 0.338 e. The predicted octanol–water partition coefficient (Wildman–Crippen LogP) is 4.08. The third-order valence-electron chi connectivity index (χ3n) is 5.39. The Bertz CT molecular complexity index is 1200. The van der Waals surface area contributed by atoms with Crippen LogP contribution in [0.25, 0.3) is 11.0 Å². The number of hydrogen-bond donors (Lipinski definition) is 1. The number of carbonyl (C=O) groups is 1. The van der Waals surface area contributed by atoms with Crippen molar-refractivity contribution in [2.75, 3.05) is 33.3 Å². The van der Waals surface area contributed by atoms with Crippen LogP contribution in [0.2, 0.25) is 0 Å². The maximum absolute atomic E-state index is 13.2. The van der Waals surface area contributed by atoms with E-state index in [1.807, 2.05) is 47.9 Å². The fourth-order valence-corrected chi connectivity index (χ4v) is 4.02. The molecular formula is C24H25N3O5. The maximum atomic E-state index is 13.2. The molecule has 0 saturated carbocycles. The molecule has 0 radical (unpaired) electrons. The number of carbonyl (C=O) groups excluding carboxylic acids is 1. The number of ether oxygens (including phenoxy) is 4. The topological polar surface area (TPSA) is 83.8 Å². The van der Waals surface area contributed by atoms with Crippen LogP contribution < -0.4 is 19.5 Å². The predicted molar refractivity (Wildman–Crippen MR) is 121 cm³/mol. The van der Waals surface area contributed by atoms with E-state index >= 15 is 0 Å². The molecule has 3 aromatic rings. The summed E-state index contributed by atoms with van der Waals surface area (Å²) < 4.78 is 24.0. The van der Waals surface area contributed by atoms with Gasteiger partial charge in [-0.3, -0.25) is 4.57 Å². The SMILES string of the molecule is C=CCOC(=O)C1=C(C)Nc2nc3ccccc3n2[C@@H]1c1cc(OC)c(OC)c(OC)c1. The van der Waals surface area contributed by atoms with Crippen LogP contribution in [0.1, 0.15) is 18.5 Å². The van der Waals surface area contributed by atoms with Gasteiger partial charge < -0.3 is 24.3 Å². The number of hydrogen-bond acceptors (Lipinski definition) is 7. The second-order valence-electron chi connectivity index (χ2n) is 7.21. The molecule has 2 heterocycles. The Morgan fingerprint density at radius 2 is 1.84 bits per heavy atom. The van der Waals surface area contributed by atoms with E-state index in [1.165, 1.54) is 6.08 Å². The Labute approximate surface area is 186 Å². The largest absolute Gasteiger partial charge is 0.493 e. The minimum Gasteiger partial charge on any atom is -0.493 e. The highest BCUT2D eigenvalue weighted by Crippen LogP contribution is 2.45. The van der Waals surface area contributed by atoms with E-state index in [1.54, 1.807) is 21.3 Å². The summed E-state index contributed by atoms with van der Waals surface area (Å²) in [6.45, 7) is 5.57. The van der Waals surface area contributed by atoms with Crippen molar-refractivity contribution < 1.29 is 23.7 Å². The zero-order valence-corrected chi connectivity index (χ0v) is 18.5. The van der Waals surface area contributed by atoms with Crippen molar-refractivity contribution in [2.45, 2.75) is 13.0 Å². The second-order valence-corrected chi connectivity index (χ2v) is 7.21. The van der Waals surface area contributed by atoms with Gasteiger partial charge in [0.1, 0.15) is 6.61 Å². The lowest BCUT2D eigenvalue weighted by Gasteiger charge is -2.30. The third kappa shape index (κ3) is 3.43. The second kappa shape index (κ2) is 8.66. The van der Waals surface area contributed by atoms with Gasteiger partial charge in [0.15, 0.2) is 11.5 Å². The maximum Gasteiger partial charge on any atom is 0.338 e. The molecule has 1 aromatic heterocycles. The summed E-state index contributed by atoms with van der Waals surface area (Å²) in [5.74, 6) is 1.63. The lowest BCUT2D eigenvalue weighted by atomic mass is 9.94. The first kappa shape index (κ1) is 21.3. The molecule has 1 atom stereocenters. The van der Waals surface area contributed by atoms with Crippen LogP contribution in [0.4, 0.5) is 5.95 Å². The average Bonchev–Trinajstić information content (AvgIpc) is 3.18. The molecule has 1 N–H and O–H groups in total. The fourth-order valence-electron chi connectivity index (χ4n) is 4.02. The van der Waals surface area contributed by atoms with Crippen LogP contribution in [0.15, 0.2) is 60.3 Å². The normalized spacial score (nSPS) is 15.1. The molecule has 166 valence electrons. The van der Waals surface area contributed by atoms with E-state index in [-0.39, 0.29) is 6.61 Å². The molecule has 8 heteroatoms. The number of aromatic nitrogens is 2. The van der Waals surface area contributed by atoms with E-state index in [0.29, 0.717) is 34.5 Å². The molecule has 0 saturated heterocycles. The molecule has 32 heavy (non-hydrogen) atoms. The zero-order valence-electron chi connectivity index (χ0n) is 18.5. The summed E-state index contributed by atoms with van der Waals surface area (Å²) in [4.78, 5) is 17.9. The van der Waals surface area contributed by atoms with Crippen LogP contribution in [0, 0.1) is 0 Å². The van der Waals surface area contributed by atoms with Gasteiger partial charge in [-0.2, -0.15) is 0 Å². The molecule has 8 nitrogen and oxygen atoms in total. The van der Waals surface area contributed by atoms with Gasteiger partial charge in [0.25, 0.3) is 0 Å². The Balaban J connectivity index is 2.00. The van der Waals surface area contributed by atoms with Gasteiger partial charge in [0.2, 0.25) is 11.7 Å². The summed E-state index contributed by atoms with van der Waals surface area (Å²) in [6.07, 6.45) is 1.54. The van der Waals surface area contributed by atoms with Crippen molar-refractivity contribution in [3.63, 3.8) is 0 Å². The summed E-state index contributed by atoms with van der Waals surface area (Å²) in [7, 11) is 4.66. The number of para-hydroxylation sites is 2. The van der Waals surface area contributed by atoms with Crippen molar-refractivity contribution in [3.05, 3.63) is 65.9 Å². The van der Waals surface area contributed by atoms with Crippen LogP contribution in [0.3, 0.4) is 0 Å². The highest BCUT2D eigenvalue weighted by Gasteiger charge is 2.36. The molecule has 0 aliphatic carbocycles. The Hall–Kier alpha value is -3.94. The fraction of sp³-hybridized carbons (Fsp3) is 0.250. The van der Waals surface area contributed by atoms with E-state index < -0.39 is 12.0 Å². The number of nitrogens with one attached hydrogen (secondary N) is 1. The first-order chi connectivity index (χ1) is 15.5. The minimum atomic E-state index is -0.537. The van der Waals surface area contributed by atoms with Gasteiger partial charge in [-0.1, -0.05) is 24.8 Å². The van der Waals surface area contributed by atoms with Crippen LogP contribution in [-0.2, 0) is 9.53 Å². The highest BCUT2D eigenvalue weighted by molar-refractivity contribution is 5.94. The number of methoxy groups -OCH3 is 3. The van der Waals surface area contributed by atoms with Crippen LogP contribution in [-0.4, -0.2) is 43.5 Å². The quantitative estimate of drug-likeness (QED) is 0.442. The number of esters is 1. The van der Waals surface area contributed by atoms with Crippen molar-refractivity contribution in [1.29, 1.82) is 0 Å². The van der Waals surface area contributed by atoms with Gasteiger partial charge in [-0.05, 0) is 36.8 Å². The monoisotopic (exact) mass is 435 g/mol. The van der Waals surface area contributed by atoms with Gasteiger partial charge in [-0.25, -0.2) is 9.78 Å². The third-order valence-corrected chi connectivity index (χ3v) is 5.39. The van der Waals surface area contributed by atoms with E-state index in [9.17, 15) is 4.79 Å². The first-order valence-electron chi connectivity index (χ1n) is 10.1. The highest BCUT2D eigenvalue weighted by atomic mass is 16.5. The Morgan fingerprint density at radius 3 is 2.47 bits per heavy atom. The lowest BCUT2D eigenvalue weighted by molar-refractivity contribution is -0.138. The lowest BCUT2D eigenvalue weighted by Crippen LogP contribution is -2.29. The van der Waals surface area contributed by atoms with E-state index in [0.717, 1.165) is 16.6 Å². The first-order valence-corrected chi connectivity index (χ1v) is 10.1. The van der Waals surface area contributed by atoms with Crippen LogP contribution in [0.5, 0.6) is 17.2 Å². The molecule has 0 bridgehead atoms. The standard InChI is InChI=1S/C24H25N3O5/c1-6-11-32-23(28)20-14(2)25-24-26-16-9-7-8-10-17(16)27(24)21(20)15-12-18(29-3)22(31-5)19(13-15)30-4/h6-10,12-13,21H,1,11H2,2-5H3,(H,25,26)/t21-/m1/s1. The van der Waals surface area contributed by atoms with E-state index in [4.69, 9.17) is 23.9 Å². The molecule has 0 amide bonds. The molecule has 1 aliphatic rings. The van der Waals surface area contributed by atoms with Gasteiger partial charge >= 0.3 is 5.97 Å². The van der Waals surface area contributed by atoms with Gasteiger partial charge in [-0.15, -0.1) is 0 Å². The molecule has 0 unspecified atom stereocenters. The number of allylic oxidation sites excluding steroid dienone is 1. The average molecular weight is 435 g/mol. The number of anilines is 1. The van der Waals surface area contributed by atoms with Crippen molar-refractivity contribution in [1.82, 2.24) is 9.55 Å². The summed E-state index contributed by atoms with van der Waals surface area (Å²) in [5.41, 5.74) is 3.55. The number of imidazole rings is 1. The zero-order chi connectivity index (χ0) is 22.8. The minimum absolute atomic E-state index is 0.106. The van der Waals surface area contributed by atoms with E-state index in [2.05, 4.69) is 11.9 Å². The van der Waals surface area contributed by atoms with Crippen LogP contribution >= 0.6 is 0 Å². The summed E-state index contributed by atoms with van der Waals surface area (Å²) in [6, 6.07) is 10.9. The Morgan fingerprint density at radius 1 is 1.16 bits per heavy atom. The molecule has 0 spiro atoms. The van der Waals surface area contributed by atoms with Crippen molar-refractivity contribution in [2.24, 2.45) is 0 Å². The summed E-state index contributed by atoms with van der Waals surface area (Å²) >= 11 is 0. The number of nitrogens with zero attached hydrogens (tertiary/aromatic N) is 2. The molecule has 2 aromatic carbocycles. The molecule has 4 rings (SSSR count). The van der Waals surface area contributed by atoms with Gasteiger partial charge in [0.05, 0.1) is 44.0 Å². The van der Waals surface area contributed by atoms with Crippen molar-refractivity contribution in [3.8, 4) is 17.2 Å². The number of rotatable bonds is 7. The van der Waals surface area contributed by atoms with Gasteiger partial charge in [0, 0.05) is 5.70 Å². The van der Waals surface area contributed by atoms with Crippen molar-refractivity contribution >= 4 is 23.0 Å². The molecular weight excluding hydrogens is 410 g/mol. The molecule has 1 aliphatic heterocycles. The summed E-state index contributed by atoms with van der Waals surface area (Å²) in [5, 5.41) is 3.25. The molecule has 0 fully saturated rings. The number of fused-ring (bicyclic) bond motifs is 3. The Kier molecular flexibility index (Phi) is 5.77. The number of benzene rings is 2.